The van der Waals surface area contributed by atoms with Crippen molar-refractivity contribution in [2.24, 2.45) is 5.16 Å². The Kier molecular flexibility index (Phi) is 3.84. The fourth-order valence-corrected chi connectivity index (χ4v) is 2.51. The molecule has 0 spiro atoms. The number of nitrogens with zero attached hydrogens (tertiary/aromatic N) is 2. The minimum Gasteiger partial charge on any atom is -0.477 e. The maximum Gasteiger partial charge on any atom is 0.353 e. The summed E-state index contributed by atoms with van der Waals surface area (Å²) >= 11 is 0. The van der Waals surface area contributed by atoms with Crippen LogP contribution in [-0.2, 0) is 14.4 Å². The van der Waals surface area contributed by atoms with Gasteiger partial charge in [0.2, 0.25) is 6.10 Å². The van der Waals surface area contributed by atoms with Crippen molar-refractivity contribution in [1.82, 2.24) is 4.90 Å². The van der Waals surface area contributed by atoms with Crippen LogP contribution >= 0.6 is 0 Å². The van der Waals surface area contributed by atoms with E-state index in [-0.39, 0.29) is 24.1 Å². The molecule has 0 saturated heterocycles. The molecule has 1 saturated carbocycles. The summed E-state index contributed by atoms with van der Waals surface area (Å²) in [5.41, 5.74) is -0.0783. The standard InChI is InChI=1S/C12H18N2O4/c1-14(8-5-3-2-4-6-8)11(15)10-7-9(12(16)17)13-18-10/h8,10H,2-7H2,1H3,(H,16,17). The Morgan fingerprint density at radius 2 is 2.00 bits per heavy atom. The van der Waals surface area contributed by atoms with Gasteiger partial charge in [0.05, 0.1) is 0 Å². The van der Waals surface area contributed by atoms with Crippen LogP contribution in [0.4, 0.5) is 0 Å². The zero-order valence-electron chi connectivity index (χ0n) is 10.5. The van der Waals surface area contributed by atoms with E-state index in [1.54, 1.807) is 11.9 Å². The van der Waals surface area contributed by atoms with E-state index in [4.69, 9.17) is 9.94 Å². The summed E-state index contributed by atoms with van der Waals surface area (Å²) in [7, 11) is 1.76. The Bertz CT molecular complexity index is 374. The normalized spacial score (nSPS) is 24.3. The first-order valence-electron chi connectivity index (χ1n) is 6.32. The molecule has 1 fully saturated rings. The monoisotopic (exact) mass is 254 g/mol. The van der Waals surface area contributed by atoms with Gasteiger partial charge in [-0.1, -0.05) is 24.4 Å². The molecule has 6 heteroatoms. The second-order valence-electron chi connectivity index (χ2n) is 4.88. The van der Waals surface area contributed by atoms with Crippen molar-refractivity contribution in [3.63, 3.8) is 0 Å². The molecular weight excluding hydrogens is 236 g/mol. The zero-order valence-corrected chi connectivity index (χ0v) is 10.5. The number of carbonyl (C=O) groups is 2. The van der Waals surface area contributed by atoms with Crippen molar-refractivity contribution in [1.29, 1.82) is 0 Å². The minimum absolute atomic E-state index is 0.0607. The first-order valence-corrected chi connectivity index (χ1v) is 6.32. The van der Waals surface area contributed by atoms with Gasteiger partial charge in [-0.25, -0.2) is 4.79 Å². The van der Waals surface area contributed by atoms with E-state index >= 15 is 0 Å². The quantitative estimate of drug-likeness (QED) is 0.815. The minimum atomic E-state index is -1.12. The van der Waals surface area contributed by atoms with Crippen LogP contribution in [0.5, 0.6) is 0 Å². The number of aliphatic carboxylic acids is 1. The van der Waals surface area contributed by atoms with Gasteiger partial charge in [-0.2, -0.15) is 0 Å². The van der Waals surface area contributed by atoms with Gasteiger partial charge >= 0.3 is 5.97 Å². The lowest BCUT2D eigenvalue weighted by molar-refractivity contribution is -0.143. The number of oxime groups is 1. The van der Waals surface area contributed by atoms with Gasteiger partial charge in [-0.05, 0) is 12.8 Å². The fraction of sp³-hybridized carbons (Fsp3) is 0.750. The van der Waals surface area contributed by atoms with Crippen molar-refractivity contribution in [2.75, 3.05) is 7.05 Å². The summed E-state index contributed by atoms with van der Waals surface area (Å²) in [5.74, 6) is -1.28. The molecule has 100 valence electrons. The highest BCUT2D eigenvalue weighted by Gasteiger charge is 2.35. The topological polar surface area (TPSA) is 79.2 Å². The lowest BCUT2D eigenvalue weighted by Gasteiger charge is -2.32. The number of rotatable bonds is 3. The maximum atomic E-state index is 12.1. The van der Waals surface area contributed by atoms with E-state index in [9.17, 15) is 9.59 Å². The molecule has 18 heavy (non-hydrogen) atoms. The summed E-state index contributed by atoms with van der Waals surface area (Å²) in [6, 6.07) is 0.253. The van der Waals surface area contributed by atoms with E-state index in [1.165, 1.54) is 6.42 Å². The summed E-state index contributed by atoms with van der Waals surface area (Å²) in [6.45, 7) is 0. The number of carboxylic acid groups (broad SMARTS) is 1. The van der Waals surface area contributed by atoms with Crippen LogP contribution in [0.3, 0.4) is 0 Å². The molecule has 1 unspecified atom stereocenters. The van der Waals surface area contributed by atoms with Gasteiger partial charge in [-0.3, -0.25) is 4.79 Å². The zero-order chi connectivity index (χ0) is 13.1. The molecule has 0 aromatic carbocycles. The van der Waals surface area contributed by atoms with Gasteiger partial charge in [0.25, 0.3) is 5.91 Å². The first kappa shape index (κ1) is 12.9. The highest BCUT2D eigenvalue weighted by atomic mass is 16.6. The highest BCUT2D eigenvalue weighted by molar-refractivity contribution is 6.36. The van der Waals surface area contributed by atoms with Gasteiger partial charge in [0, 0.05) is 19.5 Å². The van der Waals surface area contributed by atoms with E-state index in [0.717, 1.165) is 25.7 Å². The van der Waals surface area contributed by atoms with Crippen LogP contribution in [0.1, 0.15) is 38.5 Å². The first-order chi connectivity index (χ1) is 8.59. The third-order valence-electron chi connectivity index (χ3n) is 3.66. The Morgan fingerprint density at radius 3 is 2.56 bits per heavy atom. The Labute approximate surface area is 106 Å². The number of carboxylic acids is 1. The summed E-state index contributed by atoms with van der Waals surface area (Å²) in [4.78, 5) is 29.5. The smallest absolute Gasteiger partial charge is 0.353 e. The SMILES string of the molecule is CN(C(=O)C1CC(C(=O)O)=NO1)C1CCCCC1. The Morgan fingerprint density at radius 1 is 1.33 bits per heavy atom. The molecule has 0 aromatic heterocycles. The lowest BCUT2D eigenvalue weighted by Crippen LogP contribution is -2.44. The number of hydrogen-bond donors (Lipinski definition) is 1. The summed E-state index contributed by atoms with van der Waals surface area (Å²) in [5, 5.41) is 12.2. The van der Waals surface area contributed by atoms with E-state index in [1.807, 2.05) is 0 Å². The van der Waals surface area contributed by atoms with Crippen molar-refractivity contribution < 1.29 is 19.5 Å². The van der Waals surface area contributed by atoms with Crippen LogP contribution in [0.15, 0.2) is 5.16 Å². The summed E-state index contributed by atoms with van der Waals surface area (Å²) < 4.78 is 0. The Hall–Kier alpha value is -1.59. The number of hydrogen-bond acceptors (Lipinski definition) is 4. The summed E-state index contributed by atoms with van der Waals surface area (Å²) in [6.07, 6.45) is 4.84. The number of carbonyl (C=O) groups excluding carboxylic acids is 1. The number of likely N-dealkylation sites (N-methyl/N-ethyl adjacent to an activating group) is 1. The van der Waals surface area contributed by atoms with Gasteiger partial charge < -0.3 is 14.8 Å². The molecule has 0 radical (unpaired) electrons. The molecule has 1 aliphatic carbocycles. The van der Waals surface area contributed by atoms with Crippen LogP contribution in [-0.4, -0.2) is 46.8 Å². The predicted octanol–water partition coefficient (Wildman–Crippen LogP) is 1.01. The van der Waals surface area contributed by atoms with E-state index in [0.29, 0.717) is 0 Å². The maximum absolute atomic E-state index is 12.1. The van der Waals surface area contributed by atoms with Crippen LogP contribution in [0.25, 0.3) is 0 Å². The average molecular weight is 254 g/mol. The average Bonchev–Trinajstić information content (AvgIpc) is 2.88. The fourth-order valence-electron chi connectivity index (χ4n) is 2.51. The van der Waals surface area contributed by atoms with E-state index in [2.05, 4.69) is 5.16 Å². The second-order valence-corrected chi connectivity index (χ2v) is 4.88. The van der Waals surface area contributed by atoms with Gasteiger partial charge in [0.1, 0.15) is 0 Å². The predicted molar refractivity (Wildman–Crippen MR) is 64.2 cm³/mol. The third kappa shape index (κ3) is 2.63. The molecule has 1 heterocycles. The van der Waals surface area contributed by atoms with Crippen molar-refractivity contribution in [2.45, 2.75) is 50.7 Å². The molecule has 6 nitrogen and oxygen atoms in total. The molecule has 0 bridgehead atoms. The lowest BCUT2D eigenvalue weighted by atomic mass is 9.94. The van der Waals surface area contributed by atoms with Crippen LogP contribution < -0.4 is 0 Å². The van der Waals surface area contributed by atoms with Gasteiger partial charge in [-0.15, -0.1) is 0 Å². The third-order valence-corrected chi connectivity index (χ3v) is 3.66. The molecule has 1 atom stereocenters. The van der Waals surface area contributed by atoms with Crippen molar-refractivity contribution in [3.05, 3.63) is 0 Å². The molecular formula is C12H18N2O4. The highest BCUT2D eigenvalue weighted by Crippen LogP contribution is 2.23. The molecule has 2 rings (SSSR count). The van der Waals surface area contributed by atoms with Crippen molar-refractivity contribution >= 4 is 17.6 Å². The molecule has 1 N–H and O–H groups in total. The van der Waals surface area contributed by atoms with Crippen LogP contribution in [0, 0.1) is 0 Å². The molecule has 2 aliphatic rings. The second kappa shape index (κ2) is 5.37. The largest absolute Gasteiger partial charge is 0.477 e. The molecule has 1 aliphatic heterocycles. The van der Waals surface area contributed by atoms with Crippen molar-refractivity contribution in [3.8, 4) is 0 Å². The van der Waals surface area contributed by atoms with Crippen LogP contribution in [0.2, 0.25) is 0 Å². The van der Waals surface area contributed by atoms with E-state index < -0.39 is 12.1 Å². The van der Waals surface area contributed by atoms with Gasteiger partial charge in [0.15, 0.2) is 5.71 Å². The molecule has 0 aromatic rings. The number of amides is 1. The molecule has 1 amide bonds. The Balaban J connectivity index is 1.90.